The summed E-state index contributed by atoms with van der Waals surface area (Å²) in [4.78, 5) is 21.3. The average molecular weight is 535 g/mol. The van der Waals surface area contributed by atoms with E-state index in [1.165, 1.54) is 23.1 Å². The average Bonchev–Trinajstić information content (AvgIpc) is 3.36. The summed E-state index contributed by atoms with van der Waals surface area (Å²) in [6.45, 7) is 5.93. The van der Waals surface area contributed by atoms with Crippen LogP contribution in [-0.4, -0.2) is 43.2 Å². The summed E-state index contributed by atoms with van der Waals surface area (Å²) in [6.07, 6.45) is 1.57. The van der Waals surface area contributed by atoms with Crippen LogP contribution >= 0.6 is 46.3 Å². The van der Waals surface area contributed by atoms with E-state index in [1.54, 1.807) is 49.1 Å². The molecule has 0 saturated heterocycles. The Bertz CT molecular complexity index is 1380. The fourth-order valence-corrected chi connectivity index (χ4v) is 6.17. The molecule has 1 N–H and O–H groups in total. The number of hydrogen-bond donors (Lipinski definition) is 1. The van der Waals surface area contributed by atoms with E-state index in [9.17, 15) is 9.90 Å². The smallest absolute Gasteiger partial charge is 0.355 e. The molecule has 0 aliphatic carbocycles. The molecule has 1 aromatic carbocycles. The van der Waals surface area contributed by atoms with Gasteiger partial charge in [-0.2, -0.15) is 9.78 Å². The minimum Gasteiger partial charge on any atom is -0.481 e. The highest BCUT2D eigenvalue weighted by Gasteiger charge is 2.27. The highest BCUT2D eigenvalue weighted by molar-refractivity contribution is 8.01. The lowest BCUT2D eigenvalue weighted by Crippen LogP contribution is -2.09. The molecule has 0 unspecified atom stereocenters. The summed E-state index contributed by atoms with van der Waals surface area (Å²) in [5.41, 5.74) is 3.19. The first-order valence-corrected chi connectivity index (χ1v) is 12.6. The minimum absolute atomic E-state index is 0.0151. The minimum atomic E-state index is -1.12. The molecule has 176 valence electrons. The highest BCUT2D eigenvalue weighted by atomic mass is 35.5. The number of thiazole rings is 1. The number of nitrogens with zero attached hydrogens (tertiary/aromatic N) is 4. The predicted octanol–water partition coefficient (Wildman–Crippen LogP) is 6.88. The van der Waals surface area contributed by atoms with Crippen LogP contribution in [0.2, 0.25) is 10.0 Å². The van der Waals surface area contributed by atoms with Crippen LogP contribution in [-0.2, 0) is 0 Å². The van der Waals surface area contributed by atoms with E-state index >= 15 is 0 Å². The van der Waals surface area contributed by atoms with Crippen molar-refractivity contribution in [2.24, 2.45) is 0 Å². The van der Waals surface area contributed by atoms with Crippen molar-refractivity contribution in [2.75, 3.05) is 7.11 Å². The van der Waals surface area contributed by atoms with Gasteiger partial charge < -0.3 is 9.84 Å². The SMILES string of the molecule is COc1cc(-c2c(C)nn(-c3nc(-c4ccc(Cl)c(Cl)c4)c(SC(C)C)s3)c2C(=O)O)ccn1. The number of ether oxygens (including phenoxy) is 1. The van der Waals surface area contributed by atoms with Gasteiger partial charge in [-0.15, -0.1) is 11.8 Å². The third-order valence-corrected chi connectivity index (χ3v) is 7.78. The van der Waals surface area contributed by atoms with Crippen molar-refractivity contribution in [1.29, 1.82) is 0 Å². The van der Waals surface area contributed by atoms with Gasteiger partial charge >= 0.3 is 5.97 Å². The molecule has 0 amide bonds. The molecule has 11 heteroatoms. The largest absolute Gasteiger partial charge is 0.481 e. The summed E-state index contributed by atoms with van der Waals surface area (Å²) in [5, 5.41) is 16.3. The van der Waals surface area contributed by atoms with Gasteiger partial charge in [-0.3, -0.25) is 0 Å². The number of hydrogen-bond acceptors (Lipinski definition) is 7. The summed E-state index contributed by atoms with van der Waals surface area (Å²) < 4.78 is 7.53. The molecule has 0 saturated carbocycles. The number of methoxy groups -OCH3 is 1. The lowest BCUT2D eigenvalue weighted by Gasteiger charge is -2.05. The van der Waals surface area contributed by atoms with Crippen LogP contribution in [0, 0.1) is 6.92 Å². The molecule has 4 aromatic rings. The Kier molecular flexibility index (Phi) is 7.18. The topological polar surface area (TPSA) is 90.1 Å². The van der Waals surface area contributed by atoms with Gasteiger partial charge in [0.25, 0.3) is 0 Å². The summed E-state index contributed by atoms with van der Waals surface area (Å²) in [6, 6.07) is 8.74. The number of thioether (sulfide) groups is 1. The van der Waals surface area contributed by atoms with Gasteiger partial charge in [0.2, 0.25) is 11.0 Å². The van der Waals surface area contributed by atoms with Crippen LogP contribution in [0.3, 0.4) is 0 Å². The number of carboxylic acid groups (broad SMARTS) is 1. The molecular formula is C23H20Cl2N4O3S2. The summed E-state index contributed by atoms with van der Waals surface area (Å²) in [7, 11) is 1.51. The number of aryl methyl sites for hydroxylation is 1. The van der Waals surface area contributed by atoms with E-state index in [0.717, 1.165) is 9.77 Å². The molecule has 7 nitrogen and oxygen atoms in total. The standard InChI is InChI=1S/C23H20Cl2N4O3S2/c1-11(2)33-22-19(14-5-6-15(24)16(25)9-14)27-23(34-22)29-20(21(30)31)18(12(3)28-29)13-7-8-26-17(10-13)32-4/h5-11H,1-4H3,(H,30,31). The van der Waals surface area contributed by atoms with E-state index < -0.39 is 5.97 Å². The molecule has 0 atom stereocenters. The molecule has 0 radical (unpaired) electrons. The van der Waals surface area contributed by atoms with Gasteiger partial charge in [0.05, 0.1) is 32.8 Å². The molecule has 0 fully saturated rings. The van der Waals surface area contributed by atoms with Crippen LogP contribution in [0.4, 0.5) is 0 Å². The Labute approximate surface area is 214 Å². The van der Waals surface area contributed by atoms with E-state index in [2.05, 4.69) is 23.9 Å². The maximum atomic E-state index is 12.4. The normalized spacial score (nSPS) is 11.3. The van der Waals surface area contributed by atoms with Crippen molar-refractivity contribution in [1.82, 2.24) is 19.7 Å². The highest BCUT2D eigenvalue weighted by Crippen LogP contribution is 2.42. The molecule has 0 aliphatic heterocycles. The summed E-state index contributed by atoms with van der Waals surface area (Å²) >= 11 is 15.4. The lowest BCUT2D eigenvalue weighted by molar-refractivity contribution is 0.0688. The van der Waals surface area contributed by atoms with Crippen molar-refractivity contribution in [2.45, 2.75) is 30.2 Å². The molecule has 4 rings (SSSR count). The Balaban J connectivity index is 1.91. The Morgan fingerprint density at radius 1 is 1.18 bits per heavy atom. The van der Waals surface area contributed by atoms with Crippen molar-refractivity contribution in [3.63, 3.8) is 0 Å². The van der Waals surface area contributed by atoms with Crippen LogP contribution in [0.5, 0.6) is 5.88 Å². The number of rotatable bonds is 7. The predicted molar refractivity (Wildman–Crippen MR) is 137 cm³/mol. The maximum absolute atomic E-state index is 12.4. The lowest BCUT2D eigenvalue weighted by atomic mass is 10.0. The van der Waals surface area contributed by atoms with Crippen molar-refractivity contribution in [3.05, 3.63) is 58.0 Å². The Hall–Kier alpha value is -2.59. The number of aromatic nitrogens is 4. The number of pyridine rings is 1. The zero-order valence-corrected chi connectivity index (χ0v) is 21.8. The third kappa shape index (κ3) is 4.79. The first kappa shape index (κ1) is 24.5. The van der Waals surface area contributed by atoms with Crippen LogP contribution in [0.15, 0.2) is 40.7 Å². The van der Waals surface area contributed by atoms with Crippen molar-refractivity contribution in [3.8, 4) is 33.4 Å². The van der Waals surface area contributed by atoms with Crippen LogP contribution < -0.4 is 4.74 Å². The van der Waals surface area contributed by atoms with E-state index in [0.29, 0.717) is 43.6 Å². The number of benzene rings is 1. The van der Waals surface area contributed by atoms with Gasteiger partial charge in [-0.25, -0.2) is 14.8 Å². The van der Waals surface area contributed by atoms with Gasteiger partial charge in [0, 0.05) is 28.6 Å². The van der Waals surface area contributed by atoms with Crippen molar-refractivity contribution < 1.29 is 14.6 Å². The number of carbonyl (C=O) groups is 1. The second-order valence-corrected chi connectivity index (χ2v) is 11.2. The van der Waals surface area contributed by atoms with Crippen LogP contribution in [0.25, 0.3) is 27.5 Å². The molecule has 3 heterocycles. The zero-order valence-electron chi connectivity index (χ0n) is 18.7. The van der Waals surface area contributed by atoms with E-state index in [1.807, 2.05) is 6.07 Å². The molecule has 0 bridgehead atoms. The van der Waals surface area contributed by atoms with Crippen LogP contribution in [0.1, 0.15) is 30.0 Å². The zero-order chi connectivity index (χ0) is 24.6. The third-order valence-electron chi connectivity index (χ3n) is 4.80. The van der Waals surface area contributed by atoms with Gasteiger partial charge in [-0.1, -0.05) is 54.5 Å². The fraction of sp³-hybridized carbons (Fsp3) is 0.217. The monoisotopic (exact) mass is 534 g/mol. The molecule has 3 aromatic heterocycles. The Morgan fingerprint density at radius 3 is 2.59 bits per heavy atom. The van der Waals surface area contributed by atoms with E-state index in [4.69, 9.17) is 32.9 Å². The quantitative estimate of drug-likeness (QED) is 0.258. The first-order chi connectivity index (χ1) is 16.2. The maximum Gasteiger partial charge on any atom is 0.355 e. The first-order valence-electron chi connectivity index (χ1n) is 10.2. The molecule has 0 aliphatic rings. The second-order valence-electron chi connectivity index (χ2n) is 7.54. The van der Waals surface area contributed by atoms with Gasteiger partial charge in [-0.05, 0) is 30.7 Å². The summed E-state index contributed by atoms with van der Waals surface area (Å²) in [5.74, 6) is -0.733. The van der Waals surface area contributed by atoms with E-state index in [-0.39, 0.29) is 10.9 Å². The molecular weight excluding hydrogens is 515 g/mol. The fourth-order valence-electron chi connectivity index (χ4n) is 3.39. The van der Waals surface area contributed by atoms with Gasteiger partial charge in [0.1, 0.15) is 0 Å². The molecule has 34 heavy (non-hydrogen) atoms. The number of carboxylic acids is 1. The molecule has 0 spiro atoms. The van der Waals surface area contributed by atoms with Crippen molar-refractivity contribution >= 4 is 52.3 Å². The Morgan fingerprint density at radius 2 is 1.94 bits per heavy atom. The van der Waals surface area contributed by atoms with Gasteiger partial charge in [0.15, 0.2) is 5.69 Å². The number of aromatic carboxylic acids is 1. The number of halogens is 2. The second kappa shape index (κ2) is 9.95.